The van der Waals surface area contributed by atoms with Crippen molar-refractivity contribution in [2.24, 2.45) is 11.8 Å². The lowest BCUT2D eigenvalue weighted by Gasteiger charge is -2.47. The second-order valence-corrected chi connectivity index (χ2v) is 9.21. The Labute approximate surface area is 156 Å². The fourth-order valence-electron chi connectivity index (χ4n) is 4.46. The fraction of sp³-hybridized carbons (Fsp3) is 0.632. The van der Waals surface area contributed by atoms with E-state index in [1.807, 2.05) is 4.90 Å². The first-order valence-corrected chi connectivity index (χ1v) is 10.8. The summed E-state index contributed by atoms with van der Waals surface area (Å²) in [5.74, 6) is 1.35. The number of hydrogen-bond donors (Lipinski definition) is 1. The van der Waals surface area contributed by atoms with Crippen LogP contribution < -0.4 is 9.46 Å². The van der Waals surface area contributed by atoms with Gasteiger partial charge in [-0.05, 0) is 56.3 Å². The molecule has 1 heterocycles. The van der Waals surface area contributed by atoms with E-state index in [2.05, 4.69) is 11.6 Å². The predicted octanol–water partition coefficient (Wildman–Crippen LogP) is 2.64. The number of carbonyl (C=O) groups excluding carboxylic acids is 1. The molecule has 3 atom stereocenters. The van der Waals surface area contributed by atoms with Gasteiger partial charge in [0.15, 0.2) is 0 Å². The highest BCUT2D eigenvalue weighted by atomic mass is 32.2. The minimum atomic E-state index is -3.71. The first-order valence-electron chi connectivity index (χ1n) is 9.31. The monoisotopic (exact) mass is 380 g/mol. The molecule has 3 unspecified atom stereocenters. The number of fused-ring (bicyclic) bond motifs is 1. The molecule has 144 valence electrons. The Bertz CT molecular complexity index is 778. The van der Waals surface area contributed by atoms with Gasteiger partial charge in [-0.15, -0.1) is 0 Å². The summed E-state index contributed by atoms with van der Waals surface area (Å²) in [5, 5.41) is 0. The summed E-state index contributed by atoms with van der Waals surface area (Å²) in [6.07, 6.45) is 5.61. The van der Waals surface area contributed by atoms with Gasteiger partial charge in [-0.1, -0.05) is 19.8 Å². The number of hydrogen-bond acceptors (Lipinski definition) is 4. The van der Waals surface area contributed by atoms with Crippen LogP contribution in [0.4, 0.5) is 0 Å². The third kappa shape index (κ3) is 3.47. The Morgan fingerprint density at radius 3 is 2.65 bits per heavy atom. The van der Waals surface area contributed by atoms with Gasteiger partial charge < -0.3 is 9.64 Å². The molecule has 2 fully saturated rings. The standard InChI is InChI=1S/C19H28N2O4S/c1-13-10-11-21(16-7-5-4-6-15(13)16)19(22)14-8-9-17(25-3)18(12-14)26(23,24)20-2/h8-9,12-13,15-16,20H,4-7,10-11H2,1-3H3. The lowest BCUT2D eigenvalue weighted by atomic mass is 9.72. The van der Waals surface area contributed by atoms with Crippen molar-refractivity contribution in [3.05, 3.63) is 23.8 Å². The van der Waals surface area contributed by atoms with Crippen molar-refractivity contribution >= 4 is 15.9 Å². The largest absolute Gasteiger partial charge is 0.495 e. The van der Waals surface area contributed by atoms with Crippen LogP contribution in [0, 0.1) is 11.8 Å². The molecule has 26 heavy (non-hydrogen) atoms. The average Bonchev–Trinajstić information content (AvgIpc) is 2.67. The molecule has 0 radical (unpaired) electrons. The van der Waals surface area contributed by atoms with E-state index in [-0.39, 0.29) is 22.6 Å². The van der Waals surface area contributed by atoms with Crippen LogP contribution in [0.25, 0.3) is 0 Å². The fourth-order valence-corrected chi connectivity index (χ4v) is 5.38. The molecule has 1 aromatic carbocycles. The lowest BCUT2D eigenvalue weighted by molar-refractivity contribution is 0.0217. The number of amides is 1. The number of sulfonamides is 1. The third-order valence-electron chi connectivity index (χ3n) is 5.97. The van der Waals surface area contributed by atoms with E-state index in [0.29, 0.717) is 17.4 Å². The first-order chi connectivity index (χ1) is 12.4. The Hall–Kier alpha value is -1.60. The van der Waals surface area contributed by atoms with Gasteiger partial charge >= 0.3 is 0 Å². The van der Waals surface area contributed by atoms with Gasteiger partial charge in [0.05, 0.1) is 7.11 Å². The Balaban J connectivity index is 1.93. The molecule has 0 spiro atoms. The number of nitrogens with zero attached hydrogens (tertiary/aromatic N) is 1. The number of piperidine rings is 1. The summed E-state index contributed by atoms with van der Waals surface area (Å²) in [6.45, 7) is 3.02. The van der Waals surface area contributed by atoms with Crippen LogP contribution in [0.1, 0.15) is 49.4 Å². The zero-order valence-corrected chi connectivity index (χ0v) is 16.5. The number of likely N-dealkylation sites (tertiary alicyclic amines) is 1. The maximum absolute atomic E-state index is 13.2. The van der Waals surface area contributed by atoms with E-state index in [4.69, 9.17) is 4.74 Å². The molecule has 7 heteroatoms. The first kappa shape index (κ1) is 19.2. The molecular weight excluding hydrogens is 352 g/mol. The van der Waals surface area contributed by atoms with E-state index in [0.717, 1.165) is 25.8 Å². The van der Waals surface area contributed by atoms with Gasteiger partial charge in [-0.25, -0.2) is 13.1 Å². The number of nitrogens with one attached hydrogen (secondary N) is 1. The molecule has 2 aliphatic rings. The van der Waals surface area contributed by atoms with Crippen LogP contribution in [0.3, 0.4) is 0 Å². The van der Waals surface area contributed by atoms with E-state index in [9.17, 15) is 13.2 Å². The number of rotatable bonds is 4. The molecule has 6 nitrogen and oxygen atoms in total. The van der Waals surface area contributed by atoms with Gasteiger partial charge in [0.1, 0.15) is 10.6 Å². The molecule has 1 N–H and O–H groups in total. The molecule has 3 rings (SSSR count). The summed E-state index contributed by atoms with van der Waals surface area (Å²) < 4.78 is 32.0. The maximum atomic E-state index is 13.2. The van der Waals surface area contributed by atoms with Gasteiger partial charge in [0.2, 0.25) is 10.0 Å². The van der Waals surface area contributed by atoms with Crippen LogP contribution >= 0.6 is 0 Å². The van der Waals surface area contributed by atoms with Gasteiger partial charge in [-0.3, -0.25) is 4.79 Å². The third-order valence-corrected chi connectivity index (χ3v) is 7.40. The summed E-state index contributed by atoms with van der Waals surface area (Å²) in [6, 6.07) is 4.92. The second-order valence-electron chi connectivity index (χ2n) is 7.35. The number of ether oxygens (including phenoxy) is 1. The zero-order valence-electron chi connectivity index (χ0n) is 15.7. The normalized spacial score (nSPS) is 26.3. The zero-order chi connectivity index (χ0) is 18.9. The van der Waals surface area contributed by atoms with Crippen LogP contribution in [0.15, 0.2) is 23.1 Å². The second kappa shape index (κ2) is 7.56. The van der Waals surface area contributed by atoms with Gasteiger partial charge in [0, 0.05) is 18.2 Å². The summed E-state index contributed by atoms with van der Waals surface area (Å²) in [5.41, 5.74) is 0.401. The molecule has 1 aliphatic heterocycles. The molecule has 1 aliphatic carbocycles. The summed E-state index contributed by atoms with van der Waals surface area (Å²) >= 11 is 0. The molecule has 0 bridgehead atoms. The highest BCUT2D eigenvalue weighted by molar-refractivity contribution is 7.89. The number of carbonyl (C=O) groups is 1. The summed E-state index contributed by atoms with van der Waals surface area (Å²) in [7, 11) is -0.936. The van der Waals surface area contributed by atoms with E-state index in [1.54, 1.807) is 12.1 Å². The van der Waals surface area contributed by atoms with Crippen molar-refractivity contribution in [2.45, 2.75) is 50.0 Å². The molecule has 1 saturated carbocycles. The molecule has 0 aromatic heterocycles. The quantitative estimate of drug-likeness (QED) is 0.871. The van der Waals surface area contributed by atoms with Crippen molar-refractivity contribution in [3.63, 3.8) is 0 Å². The summed E-state index contributed by atoms with van der Waals surface area (Å²) in [4.78, 5) is 15.2. The van der Waals surface area contributed by atoms with Crippen molar-refractivity contribution < 1.29 is 17.9 Å². The number of methoxy groups -OCH3 is 1. The van der Waals surface area contributed by atoms with E-state index < -0.39 is 10.0 Å². The van der Waals surface area contributed by atoms with Gasteiger partial charge in [-0.2, -0.15) is 0 Å². The van der Waals surface area contributed by atoms with E-state index in [1.165, 1.54) is 33.1 Å². The topological polar surface area (TPSA) is 75.7 Å². The SMILES string of the molecule is CNS(=O)(=O)c1cc(C(=O)N2CCC(C)C3CCCCC32)ccc1OC. The Morgan fingerprint density at radius 2 is 1.96 bits per heavy atom. The average molecular weight is 381 g/mol. The van der Waals surface area contributed by atoms with Crippen molar-refractivity contribution in [3.8, 4) is 5.75 Å². The Morgan fingerprint density at radius 1 is 1.23 bits per heavy atom. The minimum absolute atomic E-state index is 0.000998. The minimum Gasteiger partial charge on any atom is -0.495 e. The van der Waals surface area contributed by atoms with Crippen molar-refractivity contribution in [1.82, 2.24) is 9.62 Å². The lowest BCUT2D eigenvalue weighted by Crippen LogP contribution is -2.52. The molecular formula is C19H28N2O4S. The predicted molar refractivity (Wildman–Crippen MR) is 99.8 cm³/mol. The van der Waals surface area contributed by atoms with Crippen LogP contribution in [0.2, 0.25) is 0 Å². The van der Waals surface area contributed by atoms with Crippen LogP contribution in [-0.4, -0.2) is 46.0 Å². The smallest absolute Gasteiger partial charge is 0.254 e. The van der Waals surface area contributed by atoms with Gasteiger partial charge in [0.25, 0.3) is 5.91 Å². The highest BCUT2D eigenvalue weighted by Gasteiger charge is 2.39. The maximum Gasteiger partial charge on any atom is 0.254 e. The number of benzene rings is 1. The van der Waals surface area contributed by atoms with Crippen LogP contribution in [0.5, 0.6) is 5.75 Å². The highest BCUT2D eigenvalue weighted by Crippen LogP contribution is 2.39. The molecule has 1 saturated heterocycles. The molecule has 1 amide bonds. The van der Waals surface area contributed by atoms with E-state index >= 15 is 0 Å². The van der Waals surface area contributed by atoms with Crippen molar-refractivity contribution in [1.29, 1.82) is 0 Å². The van der Waals surface area contributed by atoms with Crippen LogP contribution in [-0.2, 0) is 10.0 Å². The molecule has 1 aromatic rings. The Kier molecular flexibility index (Phi) is 5.58. The van der Waals surface area contributed by atoms with Crippen molar-refractivity contribution in [2.75, 3.05) is 20.7 Å².